The van der Waals surface area contributed by atoms with Crippen LogP contribution in [-0.4, -0.2) is 31.1 Å². The highest BCUT2D eigenvalue weighted by Crippen LogP contribution is 2.14. The zero-order valence-electron chi connectivity index (χ0n) is 13.5. The minimum absolute atomic E-state index is 0.00249. The van der Waals surface area contributed by atoms with Gasteiger partial charge >= 0.3 is 5.97 Å². The normalized spacial score (nSPS) is 11.5. The van der Waals surface area contributed by atoms with Crippen molar-refractivity contribution >= 4 is 23.5 Å². The number of carbonyl (C=O) groups excluding carboxylic acids is 2. The number of esters is 1. The minimum atomic E-state index is -0.838. The van der Waals surface area contributed by atoms with Crippen LogP contribution in [0.3, 0.4) is 0 Å². The summed E-state index contributed by atoms with van der Waals surface area (Å²) >= 11 is 5.94. The molecule has 0 heterocycles. The van der Waals surface area contributed by atoms with Gasteiger partial charge in [0.05, 0.1) is 10.6 Å². The second kappa shape index (κ2) is 9.03. The molecule has 0 fully saturated rings. The van der Waals surface area contributed by atoms with Crippen molar-refractivity contribution in [1.29, 1.82) is 0 Å². The lowest BCUT2D eigenvalue weighted by Gasteiger charge is -2.14. The van der Waals surface area contributed by atoms with Crippen molar-refractivity contribution in [3.8, 4) is 5.75 Å². The number of nitrogens with one attached hydrogen (secondary N) is 1. The van der Waals surface area contributed by atoms with Gasteiger partial charge in [0, 0.05) is 0 Å². The van der Waals surface area contributed by atoms with E-state index in [0.717, 1.165) is 0 Å². The van der Waals surface area contributed by atoms with Gasteiger partial charge < -0.3 is 14.8 Å². The average molecular weight is 366 g/mol. The average Bonchev–Trinajstić information content (AvgIpc) is 2.60. The van der Waals surface area contributed by atoms with Crippen LogP contribution < -0.4 is 10.1 Å². The van der Waals surface area contributed by atoms with Gasteiger partial charge in [-0.3, -0.25) is 4.79 Å². The third-order valence-electron chi connectivity index (χ3n) is 3.23. The summed E-state index contributed by atoms with van der Waals surface area (Å²) in [6.45, 7) is 1.63. The minimum Gasteiger partial charge on any atom is -0.490 e. The standard InChI is InChI=1S/C18H17ClFNO4/c1-12(21-17(22)15-4-2-3-5-16(15)19)18(23)25-11-10-24-14-8-6-13(20)7-9-14/h2-9,12H,10-11H2,1H3,(H,21,22)/t12-/m0/s1. The second-order valence-electron chi connectivity index (χ2n) is 5.14. The number of ether oxygens (including phenoxy) is 2. The van der Waals surface area contributed by atoms with Crippen LogP contribution in [0.1, 0.15) is 17.3 Å². The number of hydrogen-bond acceptors (Lipinski definition) is 4. The molecule has 0 aliphatic rings. The van der Waals surface area contributed by atoms with Gasteiger partial charge in [0.2, 0.25) is 0 Å². The first-order chi connectivity index (χ1) is 12.0. The summed E-state index contributed by atoms with van der Waals surface area (Å²) in [5, 5.41) is 2.82. The topological polar surface area (TPSA) is 64.6 Å². The third kappa shape index (κ3) is 5.76. The van der Waals surface area contributed by atoms with Crippen molar-refractivity contribution < 1.29 is 23.5 Å². The molecule has 0 radical (unpaired) electrons. The Bertz CT molecular complexity index is 736. The van der Waals surface area contributed by atoms with Gasteiger partial charge in [-0.05, 0) is 43.3 Å². The third-order valence-corrected chi connectivity index (χ3v) is 3.56. The molecule has 25 heavy (non-hydrogen) atoms. The lowest BCUT2D eigenvalue weighted by Crippen LogP contribution is -2.40. The molecule has 1 N–H and O–H groups in total. The molecule has 1 atom stereocenters. The van der Waals surface area contributed by atoms with Gasteiger partial charge in [0.15, 0.2) is 0 Å². The zero-order valence-corrected chi connectivity index (χ0v) is 14.3. The molecule has 2 aromatic rings. The van der Waals surface area contributed by atoms with E-state index >= 15 is 0 Å². The lowest BCUT2D eigenvalue weighted by molar-refractivity contribution is -0.146. The highest BCUT2D eigenvalue weighted by molar-refractivity contribution is 6.33. The lowest BCUT2D eigenvalue weighted by atomic mass is 10.2. The van der Waals surface area contributed by atoms with Crippen LogP contribution in [0.15, 0.2) is 48.5 Å². The molecule has 1 amide bonds. The quantitative estimate of drug-likeness (QED) is 0.604. The number of amides is 1. The van der Waals surface area contributed by atoms with Gasteiger partial charge in [0.25, 0.3) is 5.91 Å². The van der Waals surface area contributed by atoms with Crippen molar-refractivity contribution in [1.82, 2.24) is 5.32 Å². The molecule has 2 rings (SSSR count). The van der Waals surface area contributed by atoms with Gasteiger partial charge in [-0.25, -0.2) is 9.18 Å². The van der Waals surface area contributed by atoms with Crippen LogP contribution in [0.2, 0.25) is 5.02 Å². The van der Waals surface area contributed by atoms with E-state index in [0.29, 0.717) is 10.8 Å². The number of rotatable bonds is 7. The monoisotopic (exact) mass is 365 g/mol. The maximum atomic E-state index is 12.8. The first-order valence-corrected chi connectivity index (χ1v) is 7.95. The first kappa shape index (κ1) is 18.7. The highest BCUT2D eigenvalue weighted by Gasteiger charge is 2.19. The molecular formula is C18H17ClFNO4. The fourth-order valence-electron chi connectivity index (χ4n) is 1.94. The van der Waals surface area contributed by atoms with Crippen molar-refractivity contribution in [2.75, 3.05) is 13.2 Å². The van der Waals surface area contributed by atoms with Crippen LogP contribution in [0, 0.1) is 5.82 Å². The number of carbonyl (C=O) groups is 2. The van der Waals surface area contributed by atoms with E-state index in [4.69, 9.17) is 21.1 Å². The predicted octanol–water partition coefficient (Wildman–Crippen LogP) is 3.22. The van der Waals surface area contributed by atoms with Gasteiger partial charge in [-0.2, -0.15) is 0 Å². The Labute approximate surface area is 149 Å². The van der Waals surface area contributed by atoms with Gasteiger partial charge in [0.1, 0.15) is 30.8 Å². The van der Waals surface area contributed by atoms with E-state index in [1.54, 1.807) is 24.3 Å². The largest absolute Gasteiger partial charge is 0.490 e. The van der Waals surface area contributed by atoms with Crippen LogP contribution >= 0.6 is 11.6 Å². The van der Waals surface area contributed by atoms with Crippen molar-refractivity contribution in [3.63, 3.8) is 0 Å². The van der Waals surface area contributed by atoms with Crippen molar-refractivity contribution in [2.24, 2.45) is 0 Å². The Balaban J connectivity index is 1.74. The molecule has 0 saturated heterocycles. The molecule has 0 spiro atoms. The molecular weight excluding hydrogens is 349 g/mol. The maximum Gasteiger partial charge on any atom is 0.328 e. The smallest absolute Gasteiger partial charge is 0.328 e. The Morgan fingerprint density at radius 1 is 1.12 bits per heavy atom. The number of hydrogen-bond donors (Lipinski definition) is 1. The van der Waals surface area contributed by atoms with Crippen LogP contribution in [0.5, 0.6) is 5.75 Å². The molecule has 7 heteroatoms. The summed E-state index contributed by atoms with van der Waals surface area (Å²) in [5.41, 5.74) is 0.281. The second-order valence-corrected chi connectivity index (χ2v) is 5.55. The molecule has 0 aromatic heterocycles. The molecule has 0 unspecified atom stereocenters. The van der Waals surface area contributed by atoms with E-state index in [-0.39, 0.29) is 24.6 Å². The first-order valence-electron chi connectivity index (χ1n) is 7.58. The van der Waals surface area contributed by atoms with Crippen molar-refractivity contribution in [2.45, 2.75) is 13.0 Å². The van der Waals surface area contributed by atoms with E-state index in [1.807, 2.05) is 0 Å². The summed E-state index contributed by atoms with van der Waals surface area (Å²) < 4.78 is 23.1. The SMILES string of the molecule is C[C@H](NC(=O)c1ccccc1Cl)C(=O)OCCOc1ccc(F)cc1. The molecule has 0 aliphatic heterocycles. The van der Waals surface area contributed by atoms with E-state index in [2.05, 4.69) is 5.32 Å². The molecule has 0 saturated carbocycles. The van der Waals surface area contributed by atoms with E-state index in [1.165, 1.54) is 31.2 Å². The summed E-state index contributed by atoms with van der Waals surface area (Å²) in [6, 6.07) is 11.2. The zero-order chi connectivity index (χ0) is 18.2. The molecule has 0 aliphatic carbocycles. The number of halogens is 2. The summed E-state index contributed by atoms with van der Waals surface area (Å²) in [7, 11) is 0. The maximum absolute atomic E-state index is 12.8. The van der Waals surface area contributed by atoms with Crippen molar-refractivity contribution in [3.05, 3.63) is 64.9 Å². The Hall–Kier alpha value is -2.60. The van der Waals surface area contributed by atoms with Crippen LogP contribution in [0.4, 0.5) is 4.39 Å². The fourth-order valence-corrected chi connectivity index (χ4v) is 2.16. The molecule has 2 aromatic carbocycles. The van der Waals surface area contributed by atoms with Crippen LogP contribution in [-0.2, 0) is 9.53 Å². The summed E-state index contributed by atoms with van der Waals surface area (Å²) in [6.07, 6.45) is 0. The predicted molar refractivity (Wildman–Crippen MR) is 91.2 cm³/mol. The highest BCUT2D eigenvalue weighted by atomic mass is 35.5. The van der Waals surface area contributed by atoms with Gasteiger partial charge in [-0.15, -0.1) is 0 Å². The van der Waals surface area contributed by atoms with E-state index < -0.39 is 17.9 Å². The van der Waals surface area contributed by atoms with Gasteiger partial charge in [-0.1, -0.05) is 23.7 Å². The van der Waals surface area contributed by atoms with E-state index in [9.17, 15) is 14.0 Å². The Morgan fingerprint density at radius 3 is 2.48 bits per heavy atom. The number of benzene rings is 2. The molecule has 0 bridgehead atoms. The van der Waals surface area contributed by atoms with Crippen LogP contribution in [0.25, 0.3) is 0 Å². The summed E-state index contributed by atoms with van der Waals surface area (Å²) in [5.74, 6) is -0.944. The Morgan fingerprint density at radius 2 is 1.80 bits per heavy atom. The Kier molecular flexibility index (Phi) is 6.77. The fraction of sp³-hybridized carbons (Fsp3) is 0.222. The molecule has 132 valence electrons. The molecule has 5 nitrogen and oxygen atoms in total. The summed E-state index contributed by atoms with van der Waals surface area (Å²) in [4.78, 5) is 23.9.